The molecule has 2 nitrogen and oxygen atoms in total. The van der Waals surface area contributed by atoms with Gasteiger partial charge in [-0.3, -0.25) is 4.90 Å². The predicted molar refractivity (Wildman–Crippen MR) is 75.2 cm³/mol. The lowest BCUT2D eigenvalue weighted by atomic mass is 9.98. The Morgan fingerprint density at radius 2 is 2.00 bits per heavy atom. The fourth-order valence-electron chi connectivity index (χ4n) is 3.99. The molecule has 4 unspecified atom stereocenters. The maximum absolute atomic E-state index is 13.0. The van der Waals surface area contributed by atoms with E-state index >= 15 is 0 Å². The highest BCUT2D eigenvalue weighted by atomic mass is 19.1. The largest absolute Gasteiger partial charge is 0.327 e. The van der Waals surface area contributed by atoms with Gasteiger partial charge in [0.1, 0.15) is 5.82 Å². The Morgan fingerprint density at radius 1 is 1.26 bits per heavy atom. The van der Waals surface area contributed by atoms with Gasteiger partial charge in [0.05, 0.1) is 0 Å². The molecule has 19 heavy (non-hydrogen) atoms. The third-order valence-electron chi connectivity index (χ3n) is 5.02. The molecule has 1 saturated carbocycles. The molecule has 0 radical (unpaired) electrons. The van der Waals surface area contributed by atoms with Gasteiger partial charge in [-0.05, 0) is 48.8 Å². The molecular weight excluding hydrogens is 239 g/mol. The quantitative estimate of drug-likeness (QED) is 0.907. The number of rotatable bonds is 3. The minimum Gasteiger partial charge on any atom is -0.327 e. The van der Waals surface area contributed by atoms with E-state index in [9.17, 15) is 4.39 Å². The molecule has 104 valence electrons. The number of likely N-dealkylation sites (tertiary alicyclic amines) is 1. The van der Waals surface area contributed by atoms with Gasteiger partial charge in [-0.2, -0.15) is 0 Å². The Balaban J connectivity index is 1.75. The van der Waals surface area contributed by atoms with Gasteiger partial charge in [0.25, 0.3) is 0 Å². The maximum atomic E-state index is 13.0. The Kier molecular flexibility index (Phi) is 3.59. The number of hydrogen-bond acceptors (Lipinski definition) is 2. The molecule has 1 aliphatic carbocycles. The zero-order chi connectivity index (χ0) is 13.4. The van der Waals surface area contributed by atoms with Gasteiger partial charge in [0.2, 0.25) is 0 Å². The zero-order valence-electron chi connectivity index (χ0n) is 11.6. The molecule has 2 fully saturated rings. The van der Waals surface area contributed by atoms with Gasteiger partial charge in [-0.25, -0.2) is 4.39 Å². The van der Waals surface area contributed by atoms with Gasteiger partial charge in [-0.1, -0.05) is 19.1 Å². The van der Waals surface area contributed by atoms with Crippen molar-refractivity contribution in [1.29, 1.82) is 0 Å². The van der Waals surface area contributed by atoms with Crippen LogP contribution in [0.3, 0.4) is 0 Å². The zero-order valence-corrected chi connectivity index (χ0v) is 11.6. The summed E-state index contributed by atoms with van der Waals surface area (Å²) in [6.07, 6.45) is 3.54. The highest BCUT2D eigenvalue weighted by Crippen LogP contribution is 2.41. The Morgan fingerprint density at radius 3 is 2.63 bits per heavy atom. The first-order valence-corrected chi connectivity index (χ1v) is 7.44. The van der Waals surface area contributed by atoms with E-state index in [2.05, 4.69) is 11.8 Å². The van der Waals surface area contributed by atoms with E-state index < -0.39 is 0 Å². The summed E-state index contributed by atoms with van der Waals surface area (Å²) in [7, 11) is 0. The van der Waals surface area contributed by atoms with Crippen LogP contribution in [0.4, 0.5) is 4.39 Å². The summed E-state index contributed by atoms with van der Waals surface area (Å²) in [5.41, 5.74) is 7.44. The average Bonchev–Trinajstić information content (AvgIpc) is 2.96. The molecule has 0 bridgehead atoms. The van der Waals surface area contributed by atoms with E-state index in [1.165, 1.54) is 18.4 Å². The van der Waals surface area contributed by atoms with Crippen molar-refractivity contribution in [2.24, 2.45) is 17.6 Å². The van der Waals surface area contributed by atoms with E-state index in [0.717, 1.165) is 25.4 Å². The lowest BCUT2D eigenvalue weighted by molar-refractivity contribution is 0.218. The molecule has 1 aromatic rings. The Labute approximate surface area is 114 Å². The highest BCUT2D eigenvalue weighted by molar-refractivity contribution is 5.20. The molecule has 1 aromatic carbocycles. The fraction of sp³-hybridized carbons (Fsp3) is 0.625. The van der Waals surface area contributed by atoms with Crippen LogP contribution in [0.1, 0.15) is 37.8 Å². The van der Waals surface area contributed by atoms with Crippen LogP contribution >= 0.6 is 0 Å². The second kappa shape index (κ2) is 5.22. The second-order valence-electron chi connectivity index (χ2n) is 6.09. The van der Waals surface area contributed by atoms with Crippen LogP contribution in [0.15, 0.2) is 24.3 Å². The van der Waals surface area contributed by atoms with Crippen molar-refractivity contribution in [3.63, 3.8) is 0 Å². The van der Waals surface area contributed by atoms with Crippen LogP contribution in [0, 0.1) is 17.7 Å². The predicted octanol–water partition coefficient (Wildman–Crippen LogP) is 2.95. The van der Waals surface area contributed by atoms with Crippen LogP contribution in [0.5, 0.6) is 0 Å². The molecule has 0 spiro atoms. The van der Waals surface area contributed by atoms with Gasteiger partial charge in [-0.15, -0.1) is 0 Å². The summed E-state index contributed by atoms with van der Waals surface area (Å²) in [6, 6.07) is 7.80. The number of hydrogen-bond donors (Lipinski definition) is 1. The monoisotopic (exact) mass is 262 g/mol. The molecule has 4 atom stereocenters. The number of halogens is 1. The van der Waals surface area contributed by atoms with E-state index in [4.69, 9.17) is 5.73 Å². The molecule has 1 aliphatic heterocycles. The van der Waals surface area contributed by atoms with Crippen molar-refractivity contribution in [3.05, 3.63) is 35.6 Å². The molecule has 0 aromatic heterocycles. The molecule has 3 rings (SSSR count). The summed E-state index contributed by atoms with van der Waals surface area (Å²) in [5, 5.41) is 0. The maximum Gasteiger partial charge on any atom is 0.123 e. The van der Waals surface area contributed by atoms with E-state index in [1.807, 2.05) is 12.1 Å². The SMILES string of the molecule is CCC(c1ccc(F)cc1)N1CC2CCC(N)C2C1. The van der Waals surface area contributed by atoms with Crippen molar-refractivity contribution in [2.75, 3.05) is 13.1 Å². The third kappa shape index (κ3) is 2.41. The van der Waals surface area contributed by atoms with Gasteiger partial charge in [0.15, 0.2) is 0 Å². The highest BCUT2D eigenvalue weighted by Gasteiger charge is 2.42. The Hall–Kier alpha value is -0.930. The molecular formula is C16H23FN2. The minimum atomic E-state index is -0.154. The van der Waals surface area contributed by atoms with E-state index in [0.29, 0.717) is 18.0 Å². The second-order valence-corrected chi connectivity index (χ2v) is 6.09. The summed E-state index contributed by atoms with van der Waals surface area (Å²) in [6.45, 7) is 4.48. The molecule has 1 heterocycles. The van der Waals surface area contributed by atoms with Crippen molar-refractivity contribution >= 4 is 0 Å². The number of benzene rings is 1. The smallest absolute Gasteiger partial charge is 0.123 e. The number of fused-ring (bicyclic) bond motifs is 1. The summed E-state index contributed by atoms with van der Waals surface area (Å²) in [5.74, 6) is 1.30. The van der Waals surface area contributed by atoms with Gasteiger partial charge >= 0.3 is 0 Å². The number of nitrogens with two attached hydrogens (primary N) is 1. The molecule has 2 N–H and O–H groups in total. The van der Waals surface area contributed by atoms with Crippen LogP contribution in [0.2, 0.25) is 0 Å². The fourth-order valence-corrected chi connectivity index (χ4v) is 3.99. The standard InChI is InChI=1S/C16H23FN2/c1-2-16(11-3-6-13(17)7-4-11)19-9-12-5-8-15(18)14(12)10-19/h3-4,6-7,12,14-16H,2,5,8-10,18H2,1H3. The first kappa shape index (κ1) is 13.1. The summed E-state index contributed by atoms with van der Waals surface area (Å²) in [4.78, 5) is 2.56. The molecule has 0 amide bonds. The first-order chi connectivity index (χ1) is 9.19. The molecule has 3 heteroatoms. The van der Waals surface area contributed by atoms with Crippen LogP contribution in [-0.2, 0) is 0 Å². The molecule has 1 saturated heterocycles. The average molecular weight is 262 g/mol. The summed E-state index contributed by atoms with van der Waals surface area (Å²) >= 11 is 0. The van der Waals surface area contributed by atoms with Crippen LogP contribution < -0.4 is 5.73 Å². The minimum absolute atomic E-state index is 0.154. The lowest BCUT2D eigenvalue weighted by Gasteiger charge is -2.28. The van der Waals surface area contributed by atoms with Gasteiger partial charge < -0.3 is 5.73 Å². The summed E-state index contributed by atoms with van der Waals surface area (Å²) < 4.78 is 13.0. The van der Waals surface area contributed by atoms with Crippen molar-refractivity contribution in [2.45, 2.75) is 38.3 Å². The van der Waals surface area contributed by atoms with Crippen molar-refractivity contribution < 1.29 is 4.39 Å². The van der Waals surface area contributed by atoms with Gasteiger partial charge in [0, 0.05) is 25.2 Å². The molecule has 2 aliphatic rings. The van der Waals surface area contributed by atoms with E-state index in [-0.39, 0.29) is 5.82 Å². The van der Waals surface area contributed by atoms with E-state index in [1.54, 1.807) is 12.1 Å². The Bertz CT molecular complexity index is 431. The van der Waals surface area contributed by atoms with Crippen molar-refractivity contribution in [1.82, 2.24) is 4.90 Å². The van der Waals surface area contributed by atoms with Crippen molar-refractivity contribution in [3.8, 4) is 0 Å². The normalized spacial score (nSPS) is 32.5. The van der Waals surface area contributed by atoms with Crippen LogP contribution in [0.25, 0.3) is 0 Å². The first-order valence-electron chi connectivity index (χ1n) is 7.44. The third-order valence-corrected chi connectivity index (χ3v) is 5.02. The lowest BCUT2D eigenvalue weighted by Crippen LogP contribution is -2.32. The topological polar surface area (TPSA) is 29.3 Å². The number of nitrogens with zero attached hydrogens (tertiary/aromatic N) is 1. The van der Waals surface area contributed by atoms with Crippen LogP contribution in [-0.4, -0.2) is 24.0 Å².